The van der Waals surface area contributed by atoms with Crippen molar-refractivity contribution in [1.82, 2.24) is 14.9 Å². The van der Waals surface area contributed by atoms with Crippen LogP contribution in [0.5, 0.6) is 0 Å². The highest BCUT2D eigenvalue weighted by Gasteiger charge is 2.51. The zero-order valence-corrected chi connectivity index (χ0v) is 21.4. The van der Waals surface area contributed by atoms with Gasteiger partial charge >= 0.3 is 0 Å². The number of nitrogens with one attached hydrogen (secondary N) is 1. The van der Waals surface area contributed by atoms with Crippen LogP contribution < -0.4 is 5.32 Å². The van der Waals surface area contributed by atoms with E-state index in [2.05, 4.69) is 44.5 Å². The van der Waals surface area contributed by atoms with E-state index in [1.165, 1.54) is 44.1 Å². The van der Waals surface area contributed by atoms with E-state index in [4.69, 9.17) is 9.47 Å². The lowest BCUT2D eigenvalue weighted by Gasteiger charge is -2.56. The average Bonchev–Trinajstić information content (AvgIpc) is 3.41. The summed E-state index contributed by atoms with van der Waals surface area (Å²) in [5.41, 5.74) is 3.55. The normalized spacial score (nSPS) is 30.7. The Labute approximate surface area is 218 Å². The fourth-order valence-corrected chi connectivity index (χ4v) is 8.45. The van der Waals surface area contributed by atoms with Crippen molar-refractivity contribution in [3.8, 4) is 0 Å². The van der Waals surface area contributed by atoms with Crippen molar-refractivity contribution in [2.75, 3.05) is 18.7 Å². The molecule has 4 aliphatic carbocycles. The second kappa shape index (κ2) is 9.43. The zero-order valence-electron chi connectivity index (χ0n) is 21.4. The van der Waals surface area contributed by atoms with Crippen molar-refractivity contribution in [3.63, 3.8) is 0 Å². The fourth-order valence-electron chi connectivity index (χ4n) is 8.45. The molecule has 1 N–H and O–H groups in total. The van der Waals surface area contributed by atoms with E-state index in [1.54, 1.807) is 12.6 Å². The van der Waals surface area contributed by atoms with Gasteiger partial charge in [0.05, 0.1) is 11.7 Å². The topological polar surface area (TPSA) is 76.6 Å². The number of fused-ring (bicyclic) bond motifs is 1. The number of rotatable bonds is 7. The summed E-state index contributed by atoms with van der Waals surface area (Å²) in [6.45, 7) is 1.80. The number of anilines is 1. The zero-order chi connectivity index (χ0) is 24.8. The molecule has 6 aliphatic rings. The minimum atomic E-state index is 0.0714. The smallest absolute Gasteiger partial charge is 0.229 e. The Bertz CT molecular complexity index is 1160. The molecule has 1 aromatic carbocycles. The Balaban J connectivity index is 1.06. The molecule has 0 radical (unpaired) electrons. The maximum atomic E-state index is 13.3. The summed E-state index contributed by atoms with van der Waals surface area (Å²) in [4.78, 5) is 24.9. The van der Waals surface area contributed by atoms with Crippen LogP contribution >= 0.6 is 0 Å². The first-order valence-electron chi connectivity index (χ1n) is 14.0. The third kappa shape index (κ3) is 4.63. The van der Waals surface area contributed by atoms with Gasteiger partial charge in [-0.15, -0.1) is 0 Å². The fraction of sp³-hybridized carbons (Fsp3) is 0.567. The highest BCUT2D eigenvalue weighted by molar-refractivity contribution is 5.91. The molecule has 4 fully saturated rings. The van der Waals surface area contributed by atoms with Crippen LogP contribution in [0.2, 0.25) is 0 Å². The van der Waals surface area contributed by atoms with E-state index in [0.29, 0.717) is 18.8 Å². The number of hydrogen-bond acceptors (Lipinski definition) is 6. The summed E-state index contributed by atoms with van der Waals surface area (Å²) in [5.74, 6) is 4.26. The Kier molecular flexibility index (Phi) is 5.91. The van der Waals surface area contributed by atoms with Crippen LogP contribution in [0.4, 0.5) is 5.82 Å². The van der Waals surface area contributed by atoms with Gasteiger partial charge in [0.1, 0.15) is 18.4 Å². The summed E-state index contributed by atoms with van der Waals surface area (Å²) in [6, 6.07) is 10.6. The van der Waals surface area contributed by atoms with Gasteiger partial charge in [0.25, 0.3) is 0 Å². The number of nitrogens with zero attached hydrogens (tertiary/aromatic N) is 3. The molecule has 4 saturated carbocycles. The minimum Gasteiger partial charge on any atom is -0.462 e. The first kappa shape index (κ1) is 23.2. The van der Waals surface area contributed by atoms with Crippen LogP contribution in [-0.2, 0) is 33.7 Å². The van der Waals surface area contributed by atoms with Gasteiger partial charge in [0, 0.05) is 25.1 Å². The van der Waals surface area contributed by atoms with Crippen LogP contribution in [0.15, 0.2) is 48.7 Å². The number of ether oxygens (including phenoxy) is 2. The van der Waals surface area contributed by atoms with Gasteiger partial charge in [-0.1, -0.05) is 30.3 Å². The van der Waals surface area contributed by atoms with E-state index in [1.807, 2.05) is 6.07 Å². The number of amides is 1. The third-order valence-electron chi connectivity index (χ3n) is 9.53. The van der Waals surface area contributed by atoms with E-state index in [-0.39, 0.29) is 24.2 Å². The molecule has 1 aromatic heterocycles. The Morgan fingerprint density at radius 2 is 1.84 bits per heavy atom. The van der Waals surface area contributed by atoms with Crippen LogP contribution in [0, 0.1) is 23.2 Å². The van der Waals surface area contributed by atoms with Gasteiger partial charge in [-0.05, 0) is 80.1 Å². The molecular weight excluding hydrogens is 464 g/mol. The highest BCUT2D eigenvalue weighted by Crippen LogP contribution is 2.61. The average molecular weight is 501 g/mol. The Morgan fingerprint density at radius 1 is 1.08 bits per heavy atom. The maximum Gasteiger partial charge on any atom is 0.229 e. The standard InChI is InChI=1S/C30H36N4O3/c35-28(15-30-12-21-8-22(13-30)10-23(9-21)14-30)33-29-24-6-7-34(16-25(24)31-18-32-29)26(27-17-36-19-37-27)11-20-4-2-1-3-5-20/h1-5,17-18,21-23,26H,6-16,19H2,(H,31,32,33,35). The largest absolute Gasteiger partial charge is 0.462 e. The second-order valence-electron chi connectivity index (χ2n) is 12.2. The molecule has 0 spiro atoms. The van der Waals surface area contributed by atoms with Crippen LogP contribution in [0.25, 0.3) is 0 Å². The Hall–Kier alpha value is -2.93. The SMILES string of the molecule is O=C(CC12CC3CC(CC(C3)C1)C2)Nc1ncnc2c1CCN(C(Cc1ccccc1)C1=COCO1)C2. The summed E-state index contributed by atoms with van der Waals surface area (Å²) in [7, 11) is 0. The van der Waals surface area contributed by atoms with E-state index < -0.39 is 0 Å². The van der Waals surface area contributed by atoms with Gasteiger partial charge in [-0.2, -0.15) is 0 Å². The number of aromatic nitrogens is 2. The summed E-state index contributed by atoms with van der Waals surface area (Å²) < 4.78 is 11.2. The highest BCUT2D eigenvalue weighted by atomic mass is 16.7. The quantitative estimate of drug-likeness (QED) is 0.587. The predicted octanol–water partition coefficient (Wildman–Crippen LogP) is 4.84. The van der Waals surface area contributed by atoms with E-state index in [0.717, 1.165) is 54.2 Å². The van der Waals surface area contributed by atoms with Gasteiger partial charge in [0.15, 0.2) is 5.76 Å². The van der Waals surface area contributed by atoms with Gasteiger partial charge in [-0.3, -0.25) is 9.69 Å². The van der Waals surface area contributed by atoms with Gasteiger partial charge < -0.3 is 14.8 Å². The molecule has 0 saturated heterocycles. The van der Waals surface area contributed by atoms with Crippen molar-refractivity contribution in [2.24, 2.45) is 23.2 Å². The molecule has 7 nitrogen and oxygen atoms in total. The summed E-state index contributed by atoms with van der Waals surface area (Å²) >= 11 is 0. The van der Waals surface area contributed by atoms with Crippen molar-refractivity contribution < 1.29 is 14.3 Å². The number of carbonyl (C=O) groups is 1. The molecule has 1 unspecified atom stereocenters. The summed E-state index contributed by atoms with van der Waals surface area (Å²) in [5, 5.41) is 3.22. The van der Waals surface area contributed by atoms with Crippen molar-refractivity contribution >= 4 is 11.7 Å². The molecule has 2 aliphatic heterocycles. The molecule has 2 aromatic rings. The lowest BCUT2D eigenvalue weighted by molar-refractivity contribution is -0.124. The van der Waals surface area contributed by atoms with Crippen LogP contribution in [-0.4, -0.2) is 40.2 Å². The number of hydrogen-bond donors (Lipinski definition) is 1. The first-order valence-corrected chi connectivity index (χ1v) is 14.0. The molecule has 8 rings (SSSR count). The number of carbonyl (C=O) groups excluding carboxylic acids is 1. The molecule has 1 amide bonds. The van der Waals surface area contributed by atoms with Crippen molar-refractivity contribution in [2.45, 2.75) is 70.4 Å². The lowest BCUT2D eigenvalue weighted by Crippen LogP contribution is -2.47. The van der Waals surface area contributed by atoms with Gasteiger partial charge in [-0.25, -0.2) is 9.97 Å². The van der Waals surface area contributed by atoms with E-state index >= 15 is 0 Å². The molecule has 194 valence electrons. The molecule has 4 bridgehead atoms. The monoisotopic (exact) mass is 500 g/mol. The molecule has 3 heterocycles. The summed E-state index contributed by atoms with van der Waals surface area (Å²) in [6.07, 6.45) is 13.6. The molecular formula is C30H36N4O3. The van der Waals surface area contributed by atoms with E-state index in [9.17, 15) is 4.79 Å². The molecule has 37 heavy (non-hydrogen) atoms. The molecule has 1 atom stereocenters. The second-order valence-corrected chi connectivity index (χ2v) is 12.2. The predicted molar refractivity (Wildman–Crippen MR) is 139 cm³/mol. The van der Waals surface area contributed by atoms with Crippen molar-refractivity contribution in [3.05, 3.63) is 65.5 Å². The number of benzene rings is 1. The van der Waals surface area contributed by atoms with Crippen LogP contribution in [0.1, 0.15) is 61.8 Å². The first-order chi connectivity index (χ1) is 18.1. The minimum absolute atomic E-state index is 0.0714. The third-order valence-corrected chi connectivity index (χ3v) is 9.53. The van der Waals surface area contributed by atoms with Crippen molar-refractivity contribution in [1.29, 1.82) is 0 Å². The van der Waals surface area contributed by atoms with Crippen LogP contribution in [0.3, 0.4) is 0 Å². The maximum absolute atomic E-state index is 13.3. The lowest BCUT2D eigenvalue weighted by atomic mass is 9.49. The van der Waals surface area contributed by atoms with Gasteiger partial charge in [0.2, 0.25) is 12.7 Å². The Morgan fingerprint density at radius 3 is 2.54 bits per heavy atom. The molecule has 7 heteroatoms.